The molecular formula is C19H19N3O3S. The number of aryl methyl sites for hydroxylation is 2. The maximum Gasteiger partial charge on any atom is 0.329 e. The number of carbonyl (C=O) groups is 1. The molecule has 0 saturated carbocycles. The number of anilines is 1. The van der Waals surface area contributed by atoms with E-state index in [1.54, 1.807) is 12.1 Å². The summed E-state index contributed by atoms with van der Waals surface area (Å²) < 4.78 is 2.74. The number of hydrogen-bond acceptors (Lipinski definition) is 4. The van der Waals surface area contributed by atoms with Gasteiger partial charge >= 0.3 is 6.03 Å². The molecular weight excluding hydrogens is 350 g/mol. The van der Waals surface area contributed by atoms with E-state index < -0.39 is 4.92 Å². The van der Waals surface area contributed by atoms with Gasteiger partial charge in [-0.15, -0.1) is 0 Å². The number of non-ortho nitro benzene ring substituents is 1. The molecule has 2 aliphatic rings. The lowest BCUT2D eigenvalue weighted by atomic mass is 9.99. The third kappa shape index (κ3) is 3.26. The zero-order chi connectivity index (χ0) is 18.1. The molecule has 0 aliphatic heterocycles. The second-order valence-electron chi connectivity index (χ2n) is 6.65. The topological polar surface area (TPSA) is 84.3 Å². The molecule has 0 unspecified atom stereocenters. The predicted molar refractivity (Wildman–Crippen MR) is 102 cm³/mol. The van der Waals surface area contributed by atoms with Crippen LogP contribution in [0.15, 0.2) is 35.2 Å². The quantitative estimate of drug-likeness (QED) is 0.475. The Morgan fingerprint density at radius 2 is 1.73 bits per heavy atom. The highest BCUT2D eigenvalue weighted by Crippen LogP contribution is 2.38. The van der Waals surface area contributed by atoms with Crippen LogP contribution in [0.5, 0.6) is 0 Å². The molecule has 2 amide bonds. The molecule has 6 nitrogen and oxygen atoms in total. The lowest BCUT2D eigenvalue weighted by molar-refractivity contribution is -0.385. The molecule has 2 aromatic rings. The molecule has 0 saturated heterocycles. The molecule has 2 aromatic carbocycles. The summed E-state index contributed by atoms with van der Waals surface area (Å²) in [6.45, 7) is 0. The molecule has 2 aliphatic carbocycles. The van der Waals surface area contributed by atoms with Crippen LogP contribution >= 0.6 is 11.9 Å². The Balaban J connectivity index is 1.48. The van der Waals surface area contributed by atoms with Crippen LogP contribution in [-0.4, -0.2) is 11.0 Å². The van der Waals surface area contributed by atoms with Crippen LogP contribution in [0.4, 0.5) is 16.2 Å². The van der Waals surface area contributed by atoms with Gasteiger partial charge in [-0.05, 0) is 78.8 Å². The molecule has 134 valence electrons. The minimum atomic E-state index is -0.444. The van der Waals surface area contributed by atoms with E-state index in [2.05, 4.69) is 16.1 Å². The predicted octanol–water partition coefficient (Wildman–Crippen LogP) is 4.40. The molecule has 0 bridgehead atoms. The second-order valence-corrected chi connectivity index (χ2v) is 7.53. The number of nitro groups is 1. The first-order valence-corrected chi connectivity index (χ1v) is 9.58. The Labute approximate surface area is 155 Å². The highest BCUT2D eigenvalue weighted by molar-refractivity contribution is 7.98. The first-order chi connectivity index (χ1) is 12.6. The van der Waals surface area contributed by atoms with Crippen molar-refractivity contribution in [3.05, 3.63) is 62.7 Å². The number of benzene rings is 2. The number of nitrogens with one attached hydrogen (secondary N) is 2. The fourth-order valence-corrected chi connectivity index (χ4v) is 4.46. The zero-order valence-electron chi connectivity index (χ0n) is 14.2. The summed E-state index contributed by atoms with van der Waals surface area (Å²) in [4.78, 5) is 23.5. The monoisotopic (exact) mass is 369 g/mol. The number of nitro benzene ring substituents is 1. The Kier molecular flexibility index (Phi) is 4.55. The largest absolute Gasteiger partial charge is 0.329 e. The summed E-state index contributed by atoms with van der Waals surface area (Å²) in [5.41, 5.74) is 6.29. The van der Waals surface area contributed by atoms with Crippen LogP contribution in [0.1, 0.15) is 35.1 Å². The second kappa shape index (κ2) is 6.99. The van der Waals surface area contributed by atoms with E-state index in [9.17, 15) is 14.9 Å². The van der Waals surface area contributed by atoms with E-state index in [1.807, 2.05) is 0 Å². The molecule has 0 spiro atoms. The van der Waals surface area contributed by atoms with Crippen LogP contribution in [0.25, 0.3) is 0 Å². The number of rotatable bonds is 4. The Morgan fingerprint density at radius 1 is 1.04 bits per heavy atom. The Morgan fingerprint density at radius 3 is 2.38 bits per heavy atom. The number of fused-ring (bicyclic) bond motifs is 2. The smallest absolute Gasteiger partial charge is 0.307 e. The number of carbonyl (C=O) groups excluding carboxylic acids is 1. The normalized spacial score (nSPS) is 14.6. The average molecular weight is 369 g/mol. The van der Waals surface area contributed by atoms with Crippen molar-refractivity contribution in [2.45, 2.75) is 43.4 Å². The lowest BCUT2D eigenvalue weighted by Crippen LogP contribution is -2.24. The van der Waals surface area contributed by atoms with Crippen molar-refractivity contribution in [1.82, 2.24) is 4.72 Å². The molecule has 0 radical (unpaired) electrons. The van der Waals surface area contributed by atoms with Crippen molar-refractivity contribution in [2.24, 2.45) is 0 Å². The van der Waals surface area contributed by atoms with E-state index in [-0.39, 0.29) is 11.7 Å². The minimum Gasteiger partial charge on any atom is -0.307 e. The minimum absolute atomic E-state index is 0.0101. The first kappa shape index (κ1) is 16.9. The van der Waals surface area contributed by atoms with E-state index in [0.717, 1.165) is 56.2 Å². The van der Waals surface area contributed by atoms with E-state index in [0.29, 0.717) is 4.90 Å². The van der Waals surface area contributed by atoms with Gasteiger partial charge in [0.05, 0.1) is 4.92 Å². The van der Waals surface area contributed by atoms with E-state index in [1.165, 1.54) is 34.4 Å². The third-order valence-electron chi connectivity index (χ3n) is 5.00. The van der Waals surface area contributed by atoms with Crippen molar-refractivity contribution in [1.29, 1.82) is 0 Å². The van der Waals surface area contributed by atoms with Crippen molar-refractivity contribution < 1.29 is 9.72 Å². The van der Waals surface area contributed by atoms with Gasteiger partial charge in [0.15, 0.2) is 0 Å². The van der Waals surface area contributed by atoms with E-state index in [4.69, 9.17) is 0 Å². The van der Waals surface area contributed by atoms with Crippen molar-refractivity contribution in [2.75, 3.05) is 5.32 Å². The van der Waals surface area contributed by atoms with Crippen LogP contribution < -0.4 is 10.0 Å². The van der Waals surface area contributed by atoms with Gasteiger partial charge in [0, 0.05) is 22.7 Å². The highest BCUT2D eigenvalue weighted by Gasteiger charge is 2.25. The van der Waals surface area contributed by atoms with Crippen LogP contribution in [0.2, 0.25) is 0 Å². The molecule has 2 N–H and O–H groups in total. The summed E-state index contributed by atoms with van der Waals surface area (Å²) in [7, 11) is 0. The highest BCUT2D eigenvalue weighted by atomic mass is 32.2. The molecule has 0 heterocycles. The van der Waals surface area contributed by atoms with Gasteiger partial charge in [0.2, 0.25) is 0 Å². The van der Waals surface area contributed by atoms with Gasteiger partial charge in [-0.1, -0.05) is 12.1 Å². The number of hydrogen-bond donors (Lipinski definition) is 2. The summed E-state index contributed by atoms with van der Waals surface area (Å²) in [5.74, 6) is 0. The van der Waals surface area contributed by atoms with Crippen molar-refractivity contribution in [3.63, 3.8) is 0 Å². The maximum absolute atomic E-state index is 12.4. The maximum atomic E-state index is 12.4. The van der Waals surface area contributed by atoms with Crippen LogP contribution in [0, 0.1) is 10.1 Å². The van der Waals surface area contributed by atoms with Gasteiger partial charge in [-0.25, -0.2) is 4.79 Å². The van der Waals surface area contributed by atoms with E-state index >= 15 is 0 Å². The molecule has 26 heavy (non-hydrogen) atoms. The number of urea groups is 1. The molecule has 0 aromatic heterocycles. The average Bonchev–Trinajstić information content (AvgIpc) is 3.29. The SMILES string of the molecule is O=C(NSc1cccc([N+](=O)[O-])c1)Nc1c2c(cc3c1CCC3)CCC2. The lowest BCUT2D eigenvalue weighted by Gasteiger charge is -2.16. The van der Waals surface area contributed by atoms with Crippen molar-refractivity contribution >= 4 is 29.4 Å². The fraction of sp³-hybridized carbons (Fsp3) is 0.316. The molecule has 7 heteroatoms. The summed E-state index contributed by atoms with van der Waals surface area (Å²) in [6.07, 6.45) is 6.46. The van der Waals surface area contributed by atoms with Gasteiger partial charge in [0.1, 0.15) is 0 Å². The first-order valence-electron chi connectivity index (χ1n) is 8.76. The number of nitrogens with zero attached hydrogens (tertiary/aromatic N) is 1. The molecule has 4 rings (SSSR count). The standard InChI is InChI=1S/C19H19N3O3S/c23-19(21-26-15-7-3-6-14(11-15)22(24)25)20-18-16-8-1-4-12(16)10-13-5-2-9-17(13)18/h3,6-7,10-11H,1-2,4-5,8-9H2,(H2,20,21,23). The van der Waals surface area contributed by atoms with Crippen molar-refractivity contribution in [3.8, 4) is 0 Å². The van der Waals surface area contributed by atoms with Gasteiger partial charge in [0.25, 0.3) is 5.69 Å². The van der Waals surface area contributed by atoms with Crippen LogP contribution in [0.3, 0.4) is 0 Å². The summed E-state index contributed by atoms with van der Waals surface area (Å²) in [5, 5.41) is 13.9. The fourth-order valence-electron chi connectivity index (χ4n) is 3.87. The van der Waals surface area contributed by atoms with Gasteiger partial charge < -0.3 is 5.32 Å². The molecule has 0 atom stereocenters. The summed E-state index contributed by atoms with van der Waals surface area (Å²) in [6, 6.07) is 8.25. The third-order valence-corrected chi connectivity index (χ3v) is 5.78. The number of amides is 2. The summed E-state index contributed by atoms with van der Waals surface area (Å²) >= 11 is 1.08. The Bertz CT molecular complexity index is 866. The molecule has 0 fully saturated rings. The van der Waals surface area contributed by atoms with Crippen LogP contribution in [-0.2, 0) is 25.7 Å². The van der Waals surface area contributed by atoms with Gasteiger partial charge in [-0.2, -0.15) is 0 Å². The Hall–Kier alpha value is -2.54. The van der Waals surface area contributed by atoms with Gasteiger partial charge in [-0.3, -0.25) is 14.8 Å². The zero-order valence-corrected chi connectivity index (χ0v) is 15.0.